The minimum atomic E-state index is 0.594. The van der Waals surface area contributed by atoms with E-state index in [2.05, 4.69) is 15.3 Å². The first-order chi connectivity index (χ1) is 9.28. The second kappa shape index (κ2) is 6.19. The maximum Gasteiger partial charge on any atom is 0.184 e. The molecule has 0 saturated carbocycles. The molecule has 2 aromatic heterocycles. The van der Waals surface area contributed by atoms with E-state index in [0.29, 0.717) is 18.0 Å². The standard InChI is InChI=1S/C13H18N4O2/c1-14-6-10-7-17(9-16-10)8-11-13(19-3)12(18-2)4-5-15-11/h4-5,7,9,14H,6,8H2,1-3H3. The van der Waals surface area contributed by atoms with Crippen LogP contribution in [0.15, 0.2) is 24.8 Å². The molecule has 0 atom stereocenters. The molecule has 0 aliphatic carbocycles. The van der Waals surface area contributed by atoms with Crippen molar-refractivity contribution in [2.75, 3.05) is 21.3 Å². The summed E-state index contributed by atoms with van der Waals surface area (Å²) in [4.78, 5) is 8.64. The Balaban J connectivity index is 2.22. The Bertz CT molecular complexity index is 539. The van der Waals surface area contributed by atoms with E-state index in [9.17, 15) is 0 Å². The molecule has 1 N–H and O–H groups in total. The van der Waals surface area contributed by atoms with Gasteiger partial charge in [0.2, 0.25) is 0 Å². The third-order valence-corrected chi connectivity index (χ3v) is 2.74. The van der Waals surface area contributed by atoms with Crippen LogP contribution in [-0.4, -0.2) is 35.8 Å². The van der Waals surface area contributed by atoms with Crippen LogP contribution in [0.1, 0.15) is 11.4 Å². The van der Waals surface area contributed by atoms with Crippen LogP contribution in [0, 0.1) is 0 Å². The fourth-order valence-electron chi connectivity index (χ4n) is 1.90. The Morgan fingerprint density at radius 1 is 1.26 bits per heavy atom. The summed E-state index contributed by atoms with van der Waals surface area (Å²) in [6, 6.07) is 1.78. The minimum absolute atomic E-state index is 0.594. The number of ether oxygens (including phenoxy) is 2. The SMILES string of the molecule is CNCc1cn(Cc2nccc(OC)c2OC)cn1. The Kier molecular flexibility index (Phi) is 4.35. The maximum atomic E-state index is 5.36. The summed E-state index contributed by atoms with van der Waals surface area (Å²) in [5.74, 6) is 1.34. The number of imidazole rings is 1. The lowest BCUT2D eigenvalue weighted by atomic mass is 10.3. The van der Waals surface area contributed by atoms with E-state index in [4.69, 9.17) is 9.47 Å². The van der Waals surface area contributed by atoms with Gasteiger partial charge in [-0.15, -0.1) is 0 Å². The van der Waals surface area contributed by atoms with Crippen molar-refractivity contribution >= 4 is 0 Å². The van der Waals surface area contributed by atoms with Crippen molar-refractivity contribution in [2.45, 2.75) is 13.1 Å². The van der Waals surface area contributed by atoms with E-state index < -0.39 is 0 Å². The van der Waals surface area contributed by atoms with Gasteiger partial charge < -0.3 is 19.4 Å². The van der Waals surface area contributed by atoms with Crippen molar-refractivity contribution in [3.63, 3.8) is 0 Å². The minimum Gasteiger partial charge on any atom is -0.493 e. The van der Waals surface area contributed by atoms with E-state index in [1.54, 1.807) is 32.8 Å². The highest BCUT2D eigenvalue weighted by molar-refractivity contribution is 5.42. The Hall–Kier alpha value is -2.08. The molecule has 0 spiro atoms. The van der Waals surface area contributed by atoms with Crippen LogP contribution < -0.4 is 14.8 Å². The fourth-order valence-corrected chi connectivity index (χ4v) is 1.90. The molecule has 0 aromatic carbocycles. The molecule has 2 heterocycles. The third-order valence-electron chi connectivity index (χ3n) is 2.74. The lowest BCUT2D eigenvalue weighted by Crippen LogP contribution is -2.06. The summed E-state index contributed by atoms with van der Waals surface area (Å²) < 4.78 is 12.6. The van der Waals surface area contributed by atoms with Crippen LogP contribution in [0.5, 0.6) is 11.5 Å². The van der Waals surface area contributed by atoms with Gasteiger partial charge in [-0.3, -0.25) is 4.98 Å². The van der Waals surface area contributed by atoms with Gasteiger partial charge in [0.15, 0.2) is 11.5 Å². The topological polar surface area (TPSA) is 61.2 Å². The summed E-state index contributed by atoms with van der Waals surface area (Å²) in [6.07, 6.45) is 5.48. The molecule has 0 radical (unpaired) electrons. The summed E-state index contributed by atoms with van der Waals surface area (Å²) >= 11 is 0. The molecule has 6 heteroatoms. The molecular weight excluding hydrogens is 244 g/mol. The number of rotatable bonds is 6. The average molecular weight is 262 g/mol. The smallest absolute Gasteiger partial charge is 0.184 e. The zero-order valence-corrected chi connectivity index (χ0v) is 11.4. The van der Waals surface area contributed by atoms with Crippen molar-refractivity contribution in [3.05, 3.63) is 36.2 Å². The van der Waals surface area contributed by atoms with E-state index in [1.165, 1.54) is 0 Å². The van der Waals surface area contributed by atoms with Crippen molar-refractivity contribution in [1.82, 2.24) is 19.9 Å². The molecule has 0 aliphatic rings. The number of hydrogen-bond donors (Lipinski definition) is 1. The predicted molar refractivity (Wildman–Crippen MR) is 71.4 cm³/mol. The largest absolute Gasteiger partial charge is 0.493 e. The predicted octanol–water partition coefficient (Wildman–Crippen LogP) is 1.06. The summed E-state index contributed by atoms with van der Waals surface area (Å²) in [5, 5.41) is 3.07. The highest BCUT2D eigenvalue weighted by Crippen LogP contribution is 2.29. The molecule has 2 rings (SSSR count). The molecule has 19 heavy (non-hydrogen) atoms. The molecular formula is C13H18N4O2. The number of methoxy groups -OCH3 is 2. The molecule has 2 aromatic rings. The van der Waals surface area contributed by atoms with Crippen LogP contribution in [0.2, 0.25) is 0 Å². The third kappa shape index (κ3) is 3.03. The monoisotopic (exact) mass is 262 g/mol. The lowest BCUT2D eigenvalue weighted by molar-refractivity contribution is 0.348. The number of nitrogens with one attached hydrogen (secondary N) is 1. The lowest BCUT2D eigenvalue weighted by Gasteiger charge is -2.11. The van der Waals surface area contributed by atoms with Crippen LogP contribution in [-0.2, 0) is 13.1 Å². The first-order valence-corrected chi connectivity index (χ1v) is 5.99. The van der Waals surface area contributed by atoms with E-state index in [0.717, 1.165) is 17.9 Å². The summed E-state index contributed by atoms with van der Waals surface area (Å²) in [5.41, 5.74) is 1.81. The van der Waals surface area contributed by atoms with Crippen molar-refractivity contribution in [2.24, 2.45) is 0 Å². The van der Waals surface area contributed by atoms with Gasteiger partial charge in [0, 0.05) is 25.0 Å². The van der Waals surface area contributed by atoms with Crippen LogP contribution in [0.4, 0.5) is 0 Å². The molecule has 0 amide bonds. The average Bonchev–Trinajstić information content (AvgIpc) is 2.86. The van der Waals surface area contributed by atoms with Crippen LogP contribution in [0.25, 0.3) is 0 Å². The van der Waals surface area contributed by atoms with Gasteiger partial charge in [-0.05, 0) is 7.05 Å². The van der Waals surface area contributed by atoms with Gasteiger partial charge in [0.1, 0.15) is 5.69 Å². The normalized spacial score (nSPS) is 10.5. The second-order valence-electron chi connectivity index (χ2n) is 4.06. The quantitative estimate of drug-likeness (QED) is 0.843. The van der Waals surface area contributed by atoms with Gasteiger partial charge in [-0.1, -0.05) is 0 Å². The van der Waals surface area contributed by atoms with E-state index in [-0.39, 0.29) is 0 Å². The molecule has 0 unspecified atom stereocenters. The maximum absolute atomic E-state index is 5.36. The van der Waals surface area contributed by atoms with Gasteiger partial charge in [-0.2, -0.15) is 0 Å². The Morgan fingerprint density at radius 2 is 2.11 bits per heavy atom. The van der Waals surface area contributed by atoms with Crippen LogP contribution in [0.3, 0.4) is 0 Å². The Labute approximate surface area is 112 Å². The zero-order chi connectivity index (χ0) is 13.7. The molecule has 6 nitrogen and oxygen atoms in total. The van der Waals surface area contributed by atoms with Gasteiger partial charge in [0.25, 0.3) is 0 Å². The fraction of sp³-hybridized carbons (Fsp3) is 0.385. The highest BCUT2D eigenvalue weighted by Gasteiger charge is 2.11. The molecule has 0 saturated heterocycles. The van der Waals surface area contributed by atoms with Crippen molar-refractivity contribution in [3.8, 4) is 11.5 Å². The number of nitrogens with zero attached hydrogens (tertiary/aromatic N) is 3. The summed E-state index contributed by atoms with van der Waals surface area (Å²) in [7, 11) is 5.12. The first-order valence-electron chi connectivity index (χ1n) is 5.99. The molecule has 0 fully saturated rings. The number of hydrogen-bond acceptors (Lipinski definition) is 5. The van der Waals surface area contributed by atoms with Crippen molar-refractivity contribution in [1.29, 1.82) is 0 Å². The summed E-state index contributed by atoms with van der Waals surface area (Å²) in [6.45, 7) is 1.34. The Morgan fingerprint density at radius 3 is 2.79 bits per heavy atom. The van der Waals surface area contributed by atoms with Gasteiger partial charge in [-0.25, -0.2) is 4.98 Å². The van der Waals surface area contributed by atoms with Crippen molar-refractivity contribution < 1.29 is 9.47 Å². The highest BCUT2D eigenvalue weighted by atomic mass is 16.5. The van der Waals surface area contributed by atoms with E-state index >= 15 is 0 Å². The van der Waals surface area contributed by atoms with E-state index in [1.807, 2.05) is 17.8 Å². The van der Waals surface area contributed by atoms with Gasteiger partial charge in [0.05, 0.1) is 32.8 Å². The molecule has 102 valence electrons. The molecule has 0 aliphatic heterocycles. The first kappa shape index (κ1) is 13.4. The van der Waals surface area contributed by atoms with Crippen LogP contribution >= 0.6 is 0 Å². The van der Waals surface area contributed by atoms with Gasteiger partial charge >= 0.3 is 0 Å². The zero-order valence-electron chi connectivity index (χ0n) is 11.4. The number of pyridine rings is 1. The number of aromatic nitrogens is 3. The second-order valence-corrected chi connectivity index (χ2v) is 4.06. The molecule has 0 bridgehead atoms.